The molecule has 0 spiro atoms. The van der Waals surface area contributed by atoms with Crippen LogP contribution in [0.5, 0.6) is 0 Å². The topological polar surface area (TPSA) is 49.4 Å². The third-order valence-corrected chi connectivity index (χ3v) is 3.96. The van der Waals surface area contributed by atoms with Gasteiger partial charge >= 0.3 is 0 Å². The van der Waals surface area contributed by atoms with Gasteiger partial charge in [0.1, 0.15) is 0 Å². The molecule has 1 saturated heterocycles. The van der Waals surface area contributed by atoms with Crippen molar-refractivity contribution in [3.05, 3.63) is 35.4 Å². The molecule has 23 heavy (non-hydrogen) atoms. The maximum absolute atomic E-state index is 12.2. The number of benzene rings is 1. The van der Waals surface area contributed by atoms with Gasteiger partial charge in [-0.2, -0.15) is 0 Å². The lowest BCUT2D eigenvalue weighted by atomic mass is 9.99. The van der Waals surface area contributed by atoms with E-state index in [-0.39, 0.29) is 24.1 Å². The fraction of sp³-hybridized carbons (Fsp3) is 0.556. The van der Waals surface area contributed by atoms with Crippen molar-refractivity contribution in [2.75, 3.05) is 26.2 Å². The highest BCUT2D eigenvalue weighted by Crippen LogP contribution is 2.12. The number of carbonyl (C=O) groups excluding carboxylic acids is 2. The minimum absolute atomic E-state index is 0. The van der Waals surface area contributed by atoms with E-state index in [0.717, 1.165) is 32.6 Å². The van der Waals surface area contributed by atoms with Crippen LogP contribution in [0.15, 0.2) is 24.3 Å². The van der Waals surface area contributed by atoms with Crippen LogP contribution in [0.1, 0.15) is 42.6 Å². The lowest BCUT2D eigenvalue weighted by Gasteiger charge is -2.27. The smallest absolute Gasteiger partial charge is 0.223 e. The van der Waals surface area contributed by atoms with Gasteiger partial charge in [-0.05, 0) is 17.9 Å². The van der Waals surface area contributed by atoms with Crippen LogP contribution >= 0.6 is 12.4 Å². The summed E-state index contributed by atoms with van der Waals surface area (Å²) in [7, 11) is 0. The van der Waals surface area contributed by atoms with Crippen molar-refractivity contribution in [2.24, 2.45) is 5.92 Å². The van der Waals surface area contributed by atoms with Crippen LogP contribution in [-0.4, -0.2) is 42.8 Å². The number of rotatable bonds is 6. The Morgan fingerprint density at radius 1 is 1.09 bits per heavy atom. The summed E-state index contributed by atoms with van der Waals surface area (Å²) >= 11 is 0. The highest BCUT2D eigenvalue weighted by molar-refractivity contribution is 5.98. The predicted molar refractivity (Wildman–Crippen MR) is 95.2 cm³/mol. The third kappa shape index (κ3) is 6.32. The molecule has 1 amide bonds. The Bertz CT molecular complexity index is 508. The second kappa shape index (κ2) is 9.68. The normalized spacial score (nSPS) is 14.5. The van der Waals surface area contributed by atoms with E-state index in [4.69, 9.17) is 0 Å². The molecule has 1 heterocycles. The first-order valence-electron chi connectivity index (χ1n) is 8.17. The van der Waals surface area contributed by atoms with Gasteiger partial charge in [0, 0.05) is 44.6 Å². The summed E-state index contributed by atoms with van der Waals surface area (Å²) in [4.78, 5) is 26.1. The Morgan fingerprint density at radius 2 is 1.70 bits per heavy atom. The lowest BCUT2D eigenvalue weighted by Crippen LogP contribution is -2.46. The van der Waals surface area contributed by atoms with Crippen LogP contribution in [0.3, 0.4) is 0 Å². The number of ketones is 1. The van der Waals surface area contributed by atoms with Crippen molar-refractivity contribution in [1.82, 2.24) is 10.2 Å². The molecule has 2 rings (SSSR count). The zero-order chi connectivity index (χ0) is 15.9. The standard InChI is InChI=1S/C18H26N2O2.ClH/c1-14(2)13-15-3-5-16(6-4-15)17(21)7-8-18(22)20-11-9-19-10-12-20;/h3-6,14,19H,7-13H2,1-2H3;1H. The first-order valence-corrected chi connectivity index (χ1v) is 8.17. The van der Waals surface area contributed by atoms with E-state index in [9.17, 15) is 9.59 Å². The monoisotopic (exact) mass is 338 g/mol. The summed E-state index contributed by atoms with van der Waals surface area (Å²) in [6, 6.07) is 7.81. The second-order valence-electron chi connectivity index (χ2n) is 6.35. The van der Waals surface area contributed by atoms with E-state index in [0.29, 0.717) is 24.3 Å². The molecule has 0 aliphatic carbocycles. The quantitative estimate of drug-likeness (QED) is 0.811. The minimum atomic E-state index is 0. The van der Waals surface area contributed by atoms with Gasteiger partial charge in [-0.3, -0.25) is 9.59 Å². The van der Waals surface area contributed by atoms with E-state index in [2.05, 4.69) is 19.2 Å². The average molecular weight is 339 g/mol. The SMILES string of the molecule is CC(C)Cc1ccc(C(=O)CCC(=O)N2CCNCC2)cc1.Cl. The Kier molecular flexibility index (Phi) is 8.28. The van der Waals surface area contributed by atoms with Gasteiger partial charge in [-0.1, -0.05) is 38.1 Å². The summed E-state index contributed by atoms with van der Waals surface area (Å²) in [5, 5.41) is 3.22. The fourth-order valence-corrected chi connectivity index (χ4v) is 2.74. The largest absolute Gasteiger partial charge is 0.340 e. The maximum atomic E-state index is 12.2. The van der Waals surface area contributed by atoms with Crippen molar-refractivity contribution in [2.45, 2.75) is 33.1 Å². The molecule has 1 aromatic rings. The Hall–Kier alpha value is -1.39. The van der Waals surface area contributed by atoms with Crippen LogP contribution in [0.4, 0.5) is 0 Å². The van der Waals surface area contributed by atoms with Gasteiger partial charge in [0.25, 0.3) is 0 Å². The van der Waals surface area contributed by atoms with Crippen LogP contribution in [0.2, 0.25) is 0 Å². The molecule has 1 N–H and O–H groups in total. The third-order valence-electron chi connectivity index (χ3n) is 3.96. The van der Waals surface area contributed by atoms with E-state index in [1.54, 1.807) is 0 Å². The number of nitrogens with one attached hydrogen (secondary N) is 1. The molecule has 0 saturated carbocycles. The van der Waals surface area contributed by atoms with Gasteiger partial charge in [-0.15, -0.1) is 12.4 Å². The predicted octanol–water partition coefficient (Wildman–Crippen LogP) is 2.70. The first-order chi connectivity index (χ1) is 10.6. The van der Waals surface area contributed by atoms with Gasteiger partial charge in [0.05, 0.1) is 0 Å². The van der Waals surface area contributed by atoms with Crippen LogP contribution < -0.4 is 5.32 Å². The summed E-state index contributed by atoms with van der Waals surface area (Å²) in [6.45, 7) is 7.55. The molecule has 1 aromatic carbocycles. The van der Waals surface area contributed by atoms with Crippen molar-refractivity contribution < 1.29 is 9.59 Å². The first kappa shape index (κ1) is 19.7. The van der Waals surface area contributed by atoms with E-state index in [1.807, 2.05) is 29.2 Å². The number of carbonyl (C=O) groups is 2. The van der Waals surface area contributed by atoms with Gasteiger partial charge < -0.3 is 10.2 Å². The molecule has 1 aliphatic heterocycles. The second-order valence-corrected chi connectivity index (χ2v) is 6.35. The number of piperazine rings is 1. The van der Waals surface area contributed by atoms with Crippen LogP contribution in [0, 0.1) is 5.92 Å². The molecular formula is C18H27ClN2O2. The Morgan fingerprint density at radius 3 is 2.26 bits per heavy atom. The number of hydrogen-bond acceptors (Lipinski definition) is 3. The van der Waals surface area contributed by atoms with Crippen molar-refractivity contribution in [3.8, 4) is 0 Å². The molecule has 5 heteroatoms. The van der Waals surface area contributed by atoms with Crippen molar-refractivity contribution in [3.63, 3.8) is 0 Å². The van der Waals surface area contributed by atoms with E-state index < -0.39 is 0 Å². The molecule has 0 aromatic heterocycles. The maximum Gasteiger partial charge on any atom is 0.223 e. The Balaban J connectivity index is 0.00000264. The number of hydrogen-bond donors (Lipinski definition) is 1. The van der Waals surface area contributed by atoms with Gasteiger partial charge in [0.15, 0.2) is 5.78 Å². The number of amides is 1. The fourth-order valence-electron chi connectivity index (χ4n) is 2.74. The molecule has 1 fully saturated rings. The van der Waals surface area contributed by atoms with Crippen molar-refractivity contribution in [1.29, 1.82) is 0 Å². The number of nitrogens with zero attached hydrogens (tertiary/aromatic N) is 1. The highest BCUT2D eigenvalue weighted by atomic mass is 35.5. The van der Waals surface area contributed by atoms with Gasteiger partial charge in [0.2, 0.25) is 5.91 Å². The Labute approximate surface area is 145 Å². The van der Waals surface area contributed by atoms with Crippen molar-refractivity contribution >= 4 is 24.1 Å². The molecule has 0 unspecified atom stereocenters. The average Bonchev–Trinajstić information content (AvgIpc) is 2.53. The van der Waals surface area contributed by atoms with Gasteiger partial charge in [-0.25, -0.2) is 0 Å². The van der Waals surface area contributed by atoms with Crippen LogP contribution in [0.25, 0.3) is 0 Å². The molecular weight excluding hydrogens is 312 g/mol. The molecule has 0 atom stereocenters. The number of halogens is 1. The zero-order valence-electron chi connectivity index (χ0n) is 14.0. The summed E-state index contributed by atoms with van der Waals surface area (Å²) in [6.07, 6.45) is 1.63. The summed E-state index contributed by atoms with van der Waals surface area (Å²) in [5.41, 5.74) is 1.96. The van der Waals surface area contributed by atoms with E-state index >= 15 is 0 Å². The molecule has 1 aliphatic rings. The highest BCUT2D eigenvalue weighted by Gasteiger charge is 2.17. The zero-order valence-corrected chi connectivity index (χ0v) is 14.8. The molecule has 4 nitrogen and oxygen atoms in total. The summed E-state index contributed by atoms with van der Waals surface area (Å²) in [5.74, 6) is 0.754. The summed E-state index contributed by atoms with van der Waals surface area (Å²) < 4.78 is 0. The number of Topliss-reactive ketones (excluding diaryl/α,β-unsaturated/α-hetero) is 1. The molecule has 128 valence electrons. The minimum Gasteiger partial charge on any atom is -0.340 e. The molecule has 0 bridgehead atoms. The van der Waals surface area contributed by atoms with E-state index in [1.165, 1.54) is 5.56 Å². The lowest BCUT2D eigenvalue weighted by molar-refractivity contribution is -0.131. The molecule has 0 radical (unpaired) electrons. The van der Waals surface area contributed by atoms with Crippen LogP contribution in [-0.2, 0) is 11.2 Å².